The fourth-order valence-corrected chi connectivity index (χ4v) is 3.12. The van der Waals surface area contributed by atoms with Gasteiger partial charge in [-0.2, -0.15) is 0 Å². The molecule has 3 rings (SSSR count). The van der Waals surface area contributed by atoms with Gasteiger partial charge in [-0.15, -0.1) is 10.2 Å². The lowest BCUT2D eigenvalue weighted by molar-refractivity contribution is 0.118. The summed E-state index contributed by atoms with van der Waals surface area (Å²) in [5.74, 6) is 0.361. The van der Waals surface area contributed by atoms with Crippen LogP contribution in [0.2, 0.25) is 0 Å². The van der Waals surface area contributed by atoms with Gasteiger partial charge in [0.1, 0.15) is 11.4 Å². The van der Waals surface area contributed by atoms with Crippen LogP contribution in [0.15, 0.2) is 52.7 Å². The molecule has 1 amide bonds. The van der Waals surface area contributed by atoms with Gasteiger partial charge in [0.25, 0.3) is 0 Å². The highest BCUT2D eigenvalue weighted by molar-refractivity contribution is 5.73. The molecule has 1 aliphatic rings. The highest BCUT2D eigenvalue weighted by Crippen LogP contribution is 2.31. The minimum atomic E-state index is -0.369. The summed E-state index contributed by atoms with van der Waals surface area (Å²) in [5.41, 5.74) is 13.5. The Hall–Kier alpha value is -3.13. The van der Waals surface area contributed by atoms with Crippen molar-refractivity contribution in [2.24, 2.45) is 10.2 Å². The number of nitrogens with two attached hydrogens (primary N) is 2. The number of benzene rings is 2. The van der Waals surface area contributed by atoms with Crippen molar-refractivity contribution < 1.29 is 9.53 Å². The Morgan fingerprint density at radius 1 is 1.07 bits per heavy atom. The molecule has 28 heavy (non-hydrogen) atoms. The molecule has 0 saturated carbocycles. The maximum atomic E-state index is 12.5. The van der Waals surface area contributed by atoms with Crippen molar-refractivity contribution in [3.63, 3.8) is 0 Å². The second-order valence-electron chi connectivity index (χ2n) is 7.04. The standard InChI is InChI=1S/C20H26N6O2/c1-25(2)15-9-11-26(12-10-15)20(27)28-19-6-4-3-5-18(19)24-23-17-8-7-14(21)13-16(17)22/h3-8,13,15H,9-12,21-22H2,1-2H3. The molecule has 1 heterocycles. The van der Waals surface area contributed by atoms with Crippen LogP contribution in [0.5, 0.6) is 5.75 Å². The van der Waals surface area contributed by atoms with E-state index in [-0.39, 0.29) is 6.09 Å². The number of rotatable bonds is 4. The van der Waals surface area contributed by atoms with Crippen LogP contribution in [-0.4, -0.2) is 49.1 Å². The molecule has 0 bridgehead atoms. The number of hydrogen-bond acceptors (Lipinski definition) is 7. The summed E-state index contributed by atoms with van der Waals surface area (Å²) < 4.78 is 5.59. The summed E-state index contributed by atoms with van der Waals surface area (Å²) in [6.45, 7) is 1.35. The van der Waals surface area contributed by atoms with Gasteiger partial charge in [-0.25, -0.2) is 4.79 Å². The summed E-state index contributed by atoms with van der Waals surface area (Å²) in [6.07, 6.45) is 1.49. The summed E-state index contributed by atoms with van der Waals surface area (Å²) in [7, 11) is 4.13. The number of nitrogen functional groups attached to an aromatic ring is 2. The maximum absolute atomic E-state index is 12.5. The van der Waals surface area contributed by atoms with Crippen LogP contribution in [0, 0.1) is 0 Å². The molecule has 0 aromatic heterocycles. The van der Waals surface area contributed by atoms with Gasteiger partial charge in [0.2, 0.25) is 0 Å². The summed E-state index contributed by atoms with van der Waals surface area (Å²) in [6, 6.07) is 12.5. The first-order chi connectivity index (χ1) is 13.4. The molecular weight excluding hydrogens is 356 g/mol. The highest BCUT2D eigenvalue weighted by atomic mass is 16.6. The topological polar surface area (TPSA) is 110 Å². The van der Waals surface area contributed by atoms with E-state index in [2.05, 4.69) is 29.2 Å². The normalized spacial score (nSPS) is 15.3. The Balaban J connectivity index is 1.68. The Bertz CT molecular complexity index is 860. The molecule has 0 radical (unpaired) electrons. The van der Waals surface area contributed by atoms with Crippen LogP contribution in [0.1, 0.15) is 12.8 Å². The average molecular weight is 382 g/mol. The number of anilines is 2. The predicted octanol–water partition coefficient (Wildman–Crippen LogP) is 3.79. The van der Waals surface area contributed by atoms with Crippen molar-refractivity contribution in [2.45, 2.75) is 18.9 Å². The highest BCUT2D eigenvalue weighted by Gasteiger charge is 2.25. The van der Waals surface area contributed by atoms with Crippen molar-refractivity contribution in [1.82, 2.24) is 9.80 Å². The van der Waals surface area contributed by atoms with Gasteiger partial charge in [-0.3, -0.25) is 0 Å². The Morgan fingerprint density at radius 2 is 1.75 bits per heavy atom. The molecule has 8 nitrogen and oxygen atoms in total. The summed E-state index contributed by atoms with van der Waals surface area (Å²) in [4.78, 5) is 16.5. The zero-order valence-electron chi connectivity index (χ0n) is 16.2. The molecule has 4 N–H and O–H groups in total. The van der Waals surface area contributed by atoms with E-state index in [0.717, 1.165) is 12.8 Å². The van der Waals surface area contributed by atoms with Gasteiger partial charge in [-0.05, 0) is 57.3 Å². The number of para-hydroxylation sites is 1. The van der Waals surface area contributed by atoms with Gasteiger partial charge >= 0.3 is 6.09 Å². The summed E-state index contributed by atoms with van der Waals surface area (Å²) >= 11 is 0. The van der Waals surface area contributed by atoms with Gasteiger partial charge in [0.15, 0.2) is 5.75 Å². The maximum Gasteiger partial charge on any atom is 0.415 e. The van der Waals surface area contributed by atoms with E-state index in [1.54, 1.807) is 47.4 Å². The third-order valence-electron chi connectivity index (χ3n) is 4.83. The van der Waals surface area contributed by atoms with Gasteiger partial charge in [-0.1, -0.05) is 12.1 Å². The fraction of sp³-hybridized carbons (Fsp3) is 0.350. The molecule has 1 aliphatic heterocycles. The quantitative estimate of drug-likeness (QED) is 0.617. The van der Waals surface area contributed by atoms with Crippen LogP contribution in [0.4, 0.5) is 27.5 Å². The average Bonchev–Trinajstić information content (AvgIpc) is 2.68. The number of piperidine rings is 1. The monoisotopic (exact) mass is 382 g/mol. The Labute approximate surface area is 164 Å². The predicted molar refractivity (Wildman–Crippen MR) is 110 cm³/mol. The van der Waals surface area contributed by atoms with Gasteiger partial charge < -0.3 is 26.0 Å². The molecular formula is C20H26N6O2. The molecule has 8 heteroatoms. The number of carbonyl (C=O) groups is 1. The van der Waals surface area contributed by atoms with Crippen molar-refractivity contribution in [1.29, 1.82) is 0 Å². The number of carbonyl (C=O) groups excluding carboxylic acids is 1. The van der Waals surface area contributed by atoms with E-state index >= 15 is 0 Å². The Kier molecular flexibility index (Phi) is 6.10. The molecule has 2 aromatic carbocycles. The van der Waals surface area contributed by atoms with Crippen LogP contribution < -0.4 is 16.2 Å². The lowest BCUT2D eigenvalue weighted by Gasteiger charge is -2.34. The van der Waals surface area contributed by atoms with Crippen LogP contribution in [0.3, 0.4) is 0 Å². The smallest absolute Gasteiger partial charge is 0.408 e. The molecule has 0 aliphatic carbocycles. The fourth-order valence-electron chi connectivity index (χ4n) is 3.12. The largest absolute Gasteiger partial charge is 0.415 e. The number of azo groups is 1. The lowest BCUT2D eigenvalue weighted by Crippen LogP contribution is -2.45. The molecule has 1 saturated heterocycles. The van der Waals surface area contributed by atoms with Crippen molar-refractivity contribution in [3.8, 4) is 5.75 Å². The number of hydrogen-bond donors (Lipinski definition) is 2. The third kappa shape index (κ3) is 4.77. The molecule has 2 aromatic rings. The van der Waals surface area contributed by atoms with E-state index in [1.807, 2.05) is 0 Å². The van der Waals surface area contributed by atoms with E-state index in [4.69, 9.17) is 16.2 Å². The number of nitrogens with zero attached hydrogens (tertiary/aromatic N) is 4. The first-order valence-electron chi connectivity index (χ1n) is 9.23. The number of ether oxygens (including phenoxy) is 1. The van der Waals surface area contributed by atoms with Crippen LogP contribution in [0.25, 0.3) is 0 Å². The molecule has 1 fully saturated rings. The lowest BCUT2D eigenvalue weighted by atomic mass is 10.0. The molecule has 0 atom stereocenters. The van der Waals surface area contributed by atoms with E-state index in [9.17, 15) is 4.79 Å². The minimum Gasteiger partial charge on any atom is -0.408 e. The summed E-state index contributed by atoms with van der Waals surface area (Å²) in [5, 5.41) is 8.36. The van der Waals surface area contributed by atoms with Crippen LogP contribution in [-0.2, 0) is 0 Å². The van der Waals surface area contributed by atoms with Gasteiger partial charge in [0.05, 0.1) is 5.69 Å². The van der Waals surface area contributed by atoms with Crippen LogP contribution >= 0.6 is 0 Å². The zero-order valence-corrected chi connectivity index (χ0v) is 16.2. The first kappa shape index (κ1) is 19.6. The zero-order chi connectivity index (χ0) is 20.1. The third-order valence-corrected chi connectivity index (χ3v) is 4.83. The van der Waals surface area contributed by atoms with Crippen molar-refractivity contribution >= 4 is 28.8 Å². The van der Waals surface area contributed by atoms with E-state index in [0.29, 0.717) is 47.6 Å². The van der Waals surface area contributed by atoms with Gasteiger partial charge in [0, 0.05) is 24.8 Å². The number of likely N-dealkylation sites (tertiary alicyclic amines) is 1. The Morgan fingerprint density at radius 3 is 2.43 bits per heavy atom. The minimum absolute atomic E-state index is 0.361. The van der Waals surface area contributed by atoms with Crippen molar-refractivity contribution in [3.05, 3.63) is 42.5 Å². The van der Waals surface area contributed by atoms with E-state index < -0.39 is 0 Å². The second-order valence-corrected chi connectivity index (χ2v) is 7.04. The number of amides is 1. The van der Waals surface area contributed by atoms with Crippen molar-refractivity contribution in [2.75, 3.05) is 38.7 Å². The molecule has 0 spiro atoms. The SMILES string of the molecule is CN(C)C1CCN(C(=O)Oc2ccccc2N=Nc2ccc(N)cc2N)CC1. The first-order valence-corrected chi connectivity index (χ1v) is 9.23. The van der Waals surface area contributed by atoms with E-state index in [1.165, 1.54) is 0 Å². The molecule has 0 unspecified atom stereocenters. The second kappa shape index (κ2) is 8.71. The molecule has 148 valence electrons.